The van der Waals surface area contributed by atoms with Gasteiger partial charge in [-0.1, -0.05) is 11.6 Å². The molecule has 1 aromatic heterocycles. The van der Waals surface area contributed by atoms with Gasteiger partial charge in [-0.05, 0) is 0 Å². The number of hydrogen-bond acceptors (Lipinski definition) is 4. The normalized spacial score (nSPS) is 11.5. The third-order valence-electron chi connectivity index (χ3n) is 1.02. The molecule has 1 N–H and O–H groups in total. The van der Waals surface area contributed by atoms with Gasteiger partial charge in [0.15, 0.2) is 5.03 Å². The van der Waals surface area contributed by atoms with Crippen molar-refractivity contribution >= 4 is 31.3 Å². The highest BCUT2D eigenvalue weighted by Gasteiger charge is 2.16. The van der Waals surface area contributed by atoms with E-state index in [0.717, 1.165) is 12.3 Å². The molecule has 0 spiro atoms. The highest BCUT2D eigenvalue weighted by atomic mass is 35.7. The first-order valence-electron chi connectivity index (χ1n) is 2.70. The molecule has 0 aromatic carbocycles. The van der Waals surface area contributed by atoms with Crippen molar-refractivity contribution in [1.82, 2.24) is 4.98 Å². The zero-order valence-corrected chi connectivity index (χ0v) is 7.86. The van der Waals surface area contributed by atoms with Gasteiger partial charge in [0.1, 0.15) is 5.75 Å². The zero-order chi connectivity index (χ0) is 9.35. The monoisotopic (exact) mass is 227 g/mol. The summed E-state index contributed by atoms with van der Waals surface area (Å²) in [6.45, 7) is 0. The molecule has 7 heteroatoms. The van der Waals surface area contributed by atoms with Crippen LogP contribution in [0.3, 0.4) is 0 Å². The molecule has 4 nitrogen and oxygen atoms in total. The van der Waals surface area contributed by atoms with Crippen LogP contribution in [0, 0.1) is 0 Å². The molecule has 0 aliphatic heterocycles. The van der Waals surface area contributed by atoms with Gasteiger partial charge in [-0.3, -0.25) is 0 Å². The van der Waals surface area contributed by atoms with Crippen LogP contribution in [0.4, 0.5) is 0 Å². The lowest BCUT2D eigenvalue weighted by molar-refractivity contribution is 0.471. The first-order chi connectivity index (χ1) is 5.41. The molecule has 1 heterocycles. The standard InChI is InChI=1S/C5H3Cl2NO3S/c6-4-1-3(9)2-8-5(4)12(7,10)11/h1-2,9H. The second-order valence-electron chi connectivity index (χ2n) is 1.92. The van der Waals surface area contributed by atoms with Gasteiger partial charge in [0.25, 0.3) is 9.05 Å². The van der Waals surface area contributed by atoms with Crippen molar-refractivity contribution < 1.29 is 13.5 Å². The Morgan fingerprint density at radius 3 is 2.50 bits per heavy atom. The molecular formula is C5H3Cl2NO3S. The van der Waals surface area contributed by atoms with E-state index in [-0.39, 0.29) is 10.8 Å². The van der Waals surface area contributed by atoms with Crippen LogP contribution in [0.2, 0.25) is 5.02 Å². The number of aromatic nitrogens is 1. The Hall–Kier alpha value is -0.520. The minimum absolute atomic E-state index is 0.204. The second-order valence-corrected chi connectivity index (χ2v) is 4.81. The Labute approximate surface area is 78.2 Å². The molecule has 1 aromatic rings. The highest BCUT2D eigenvalue weighted by molar-refractivity contribution is 8.13. The second kappa shape index (κ2) is 3.08. The number of pyridine rings is 1. The van der Waals surface area contributed by atoms with Gasteiger partial charge < -0.3 is 5.11 Å². The van der Waals surface area contributed by atoms with Crippen LogP contribution in [0.1, 0.15) is 0 Å². The van der Waals surface area contributed by atoms with Crippen LogP contribution in [-0.4, -0.2) is 18.5 Å². The van der Waals surface area contributed by atoms with E-state index in [1.807, 2.05) is 0 Å². The molecule has 12 heavy (non-hydrogen) atoms. The maximum absolute atomic E-state index is 10.7. The molecule has 0 saturated heterocycles. The number of nitrogens with zero attached hydrogens (tertiary/aromatic N) is 1. The number of halogens is 2. The van der Waals surface area contributed by atoms with Gasteiger partial charge in [-0.2, -0.15) is 0 Å². The first-order valence-corrected chi connectivity index (χ1v) is 5.39. The van der Waals surface area contributed by atoms with Crippen molar-refractivity contribution in [1.29, 1.82) is 0 Å². The van der Waals surface area contributed by atoms with E-state index in [2.05, 4.69) is 4.98 Å². The van der Waals surface area contributed by atoms with Crippen molar-refractivity contribution in [3.8, 4) is 5.75 Å². The van der Waals surface area contributed by atoms with E-state index in [9.17, 15) is 8.42 Å². The predicted molar refractivity (Wildman–Crippen MR) is 44.0 cm³/mol. The SMILES string of the molecule is O=S(=O)(Cl)c1ncc(O)cc1Cl. The Kier molecular flexibility index (Phi) is 2.46. The zero-order valence-electron chi connectivity index (χ0n) is 5.53. The lowest BCUT2D eigenvalue weighted by Crippen LogP contribution is -1.95. The Morgan fingerprint density at radius 1 is 1.50 bits per heavy atom. The summed E-state index contributed by atoms with van der Waals surface area (Å²) in [6.07, 6.45) is 0.946. The summed E-state index contributed by atoms with van der Waals surface area (Å²) in [7, 11) is 1.03. The molecule has 0 unspecified atom stereocenters. The molecule has 66 valence electrons. The summed E-state index contributed by atoms with van der Waals surface area (Å²) in [5.41, 5.74) is 0. The average Bonchev–Trinajstić information content (AvgIpc) is 1.83. The molecule has 0 amide bonds. The average molecular weight is 228 g/mol. The number of aromatic hydroxyl groups is 1. The van der Waals surface area contributed by atoms with E-state index < -0.39 is 14.1 Å². The maximum Gasteiger partial charge on any atom is 0.280 e. The first kappa shape index (κ1) is 9.57. The lowest BCUT2D eigenvalue weighted by Gasteiger charge is -1.97. The van der Waals surface area contributed by atoms with E-state index in [0.29, 0.717) is 0 Å². The number of rotatable bonds is 1. The fourth-order valence-electron chi connectivity index (χ4n) is 0.595. The molecule has 0 saturated carbocycles. The van der Waals surface area contributed by atoms with Crippen LogP contribution < -0.4 is 0 Å². The Morgan fingerprint density at radius 2 is 2.08 bits per heavy atom. The molecule has 0 atom stereocenters. The minimum atomic E-state index is -3.93. The molecule has 1 rings (SSSR count). The van der Waals surface area contributed by atoms with Crippen LogP contribution in [0.15, 0.2) is 17.3 Å². The van der Waals surface area contributed by atoms with Crippen LogP contribution >= 0.6 is 22.3 Å². The minimum Gasteiger partial charge on any atom is -0.506 e. The summed E-state index contributed by atoms with van der Waals surface area (Å²) in [4.78, 5) is 3.35. The summed E-state index contributed by atoms with van der Waals surface area (Å²) >= 11 is 5.43. The summed E-state index contributed by atoms with van der Waals surface area (Å²) in [5.74, 6) is -0.218. The maximum atomic E-state index is 10.7. The van der Waals surface area contributed by atoms with Gasteiger partial charge in [-0.15, -0.1) is 0 Å². The predicted octanol–water partition coefficient (Wildman–Crippen LogP) is 1.37. The van der Waals surface area contributed by atoms with Crippen molar-refractivity contribution in [2.75, 3.05) is 0 Å². The highest BCUT2D eigenvalue weighted by Crippen LogP contribution is 2.24. The van der Waals surface area contributed by atoms with Crippen molar-refractivity contribution in [3.05, 3.63) is 17.3 Å². The van der Waals surface area contributed by atoms with Gasteiger partial charge in [-0.25, -0.2) is 13.4 Å². The van der Waals surface area contributed by atoms with Crippen molar-refractivity contribution in [3.63, 3.8) is 0 Å². The quantitative estimate of drug-likeness (QED) is 0.737. The molecule has 0 aliphatic carbocycles. The van der Waals surface area contributed by atoms with E-state index in [1.165, 1.54) is 0 Å². The largest absolute Gasteiger partial charge is 0.506 e. The fourth-order valence-corrected chi connectivity index (χ4v) is 2.02. The fraction of sp³-hybridized carbons (Fsp3) is 0. The molecular weight excluding hydrogens is 225 g/mol. The van der Waals surface area contributed by atoms with Gasteiger partial charge >= 0.3 is 0 Å². The van der Waals surface area contributed by atoms with E-state index >= 15 is 0 Å². The van der Waals surface area contributed by atoms with E-state index in [4.69, 9.17) is 27.4 Å². The molecule has 0 radical (unpaired) electrons. The lowest BCUT2D eigenvalue weighted by atomic mass is 10.5. The summed E-state index contributed by atoms with van der Waals surface area (Å²) < 4.78 is 21.4. The molecule has 0 bridgehead atoms. The van der Waals surface area contributed by atoms with Crippen molar-refractivity contribution in [2.45, 2.75) is 5.03 Å². The van der Waals surface area contributed by atoms with E-state index in [1.54, 1.807) is 0 Å². The summed E-state index contributed by atoms with van der Waals surface area (Å²) in [5, 5.41) is 8.16. The van der Waals surface area contributed by atoms with Crippen molar-refractivity contribution in [2.24, 2.45) is 0 Å². The Balaban J connectivity index is 3.39. The van der Waals surface area contributed by atoms with Crippen LogP contribution in [0.25, 0.3) is 0 Å². The molecule has 0 fully saturated rings. The number of hydrogen-bond donors (Lipinski definition) is 1. The topological polar surface area (TPSA) is 67.3 Å². The third kappa shape index (κ3) is 2.00. The van der Waals surface area contributed by atoms with Crippen LogP contribution in [-0.2, 0) is 9.05 Å². The van der Waals surface area contributed by atoms with Gasteiger partial charge in [0, 0.05) is 16.7 Å². The van der Waals surface area contributed by atoms with Crippen LogP contribution in [0.5, 0.6) is 5.75 Å². The van der Waals surface area contributed by atoms with Gasteiger partial charge in [0.2, 0.25) is 0 Å². The summed E-state index contributed by atoms with van der Waals surface area (Å²) in [6, 6.07) is 1.05. The molecule has 0 aliphatic rings. The third-order valence-corrected chi connectivity index (χ3v) is 2.65. The smallest absolute Gasteiger partial charge is 0.280 e. The Bertz CT molecular complexity index is 403. The van der Waals surface area contributed by atoms with Gasteiger partial charge in [0.05, 0.1) is 11.2 Å².